The molecule has 1 aliphatic heterocycles. The maximum Gasteiger partial charge on any atom is 0.251 e. The molecule has 1 N–H and O–H groups in total. The van der Waals surface area contributed by atoms with Crippen molar-refractivity contribution in [2.45, 2.75) is 30.1 Å². The van der Waals surface area contributed by atoms with Gasteiger partial charge in [-0.1, -0.05) is 22.4 Å². The van der Waals surface area contributed by atoms with Crippen LogP contribution in [0.25, 0.3) is 0 Å². The molecule has 1 amide bonds. The zero-order chi connectivity index (χ0) is 12.5. The smallest absolute Gasteiger partial charge is 0.251 e. The molecule has 3 rings (SSSR count). The molecule has 1 fully saturated rings. The van der Waals surface area contributed by atoms with Crippen LogP contribution in [-0.2, 0) is 0 Å². The number of ether oxygens (including phenoxy) is 2. The molecule has 2 aliphatic rings. The normalized spacial score (nSPS) is 25.2. The lowest BCUT2D eigenvalue weighted by molar-refractivity contribution is 0.0938. The van der Waals surface area contributed by atoms with Crippen molar-refractivity contribution < 1.29 is 14.3 Å². The molecule has 2 unspecified atom stereocenters. The van der Waals surface area contributed by atoms with Crippen LogP contribution in [0.1, 0.15) is 29.6 Å². The van der Waals surface area contributed by atoms with Gasteiger partial charge in [0.15, 0.2) is 11.5 Å². The van der Waals surface area contributed by atoms with Gasteiger partial charge in [-0.15, -0.1) is 0 Å². The average molecular weight is 312 g/mol. The molecule has 0 spiro atoms. The lowest BCUT2D eigenvalue weighted by Gasteiger charge is -2.16. The Balaban J connectivity index is 1.72. The van der Waals surface area contributed by atoms with E-state index in [1.165, 1.54) is 0 Å². The van der Waals surface area contributed by atoms with Gasteiger partial charge in [0.2, 0.25) is 6.79 Å². The van der Waals surface area contributed by atoms with Crippen LogP contribution >= 0.6 is 15.9 Å². The number of rotatable bonds is 2. The molecule has 2 atom stereocenters. The largest absolute Gasteiger partial charge is 0.454 e. The number of hydrogen-bond acceptors (Lipinski definition) is 3. The zero-order valence-corrected chi connectivity index (χ0v) is 11.4. The Kier molecular flexibility index (Phi) is 3.16. The van der Waals surface area contributed by atoms with Crippen molar-refractivity contribution in [2.24, 2.45) is 0 Å². The summed E-state index contributed by atoms with van der Waals surface area (Å²) in [6, 6.07) is 5.50. The summed E-state index contributed by atoms with van der Waals surface area (Å²) < 4.78 is 10.5. The van der Waals surface area contributed by atoms with Crippen LogP contribution in [0.4, 0.5) is 0 Å². The third-order valence-electron chi connectivity index (χ3n) is 3.38. The van der Waals surface area contributed by atoms with E-state index in [0.717, 1.165) is 19.3 Å². The second kappa shape index (κ2) is 4.80. The summed E-state index contributed by atoms with van der Waals surface area (Å²) >= 11 is 3.60. The predicted molar refractivity (Wildman–Crippen MR) is 70.4 cm³/mol. The number of carbonyl (C=O) groups is 1. The van der Waals surface area contributed by atoms with E-state index in [1.54, 1.807) is 18.2 Å². The highest BCUT2D eigenvalue weighted by Crippen LogP contribution is 2.32. The monoisotopic (exact) mass is 311 g/mol. The number of hydrogen-bond donors (Lipinski definition) is 1. The highest BCUT2D eigenvalue weighted by atomic mass is 79.9. The Morgan fingerprint density at radius 1 is 1.28 bits per heavy atom. The van der Waals surface area contributed by atoms with Crippen LogP contribution in [0.5, 0.6) is 11.5 Å². The lowest BCUT2D eigenvalue weighted by atomic mass is 10.1. The minimum absolute atomic E-state index is 0.0512. The molecule has 1 aliphatic carbocycles. The maximum absolute atomic E-state index is 12.1. The molecule has 1 heterocycles. The van der Waals surface area contributed by atoms with E-state index in [2.05, 4.69) is 21.2 Å². The van der Waals surface area contributed by atoms with Gasteiger partial charge >= 0.3 is 0 Å². The summed E-state index contributed by atoms with van der Waals surface area (Å²) in [6.45, 7) is 0.229. The third kappa shape index (κ3) is 2.19. The first kappa shape index (κ1) is 11.8. The van der Waals surface area contributed by atoms with Gasteiger partial charge in [0, 0.05) is 16.4 Å². The Morgan fingerprint density at radius 2 is 2.11 bits per heavy atom. The van der Waals surface area contributed by atoms with Crippen LogP contribution in [0.3, 0.4) is 0 Å². The summed E-state index contributed by atoms with van der Waals surface area (Å²) in [4.78, 5) is 12.5. The molecule has 96 valence electrons. The predicted octanol–water partition coefficient (Wildman–Crippen LogP) is 2.46. The van der Waals surface area contributed by atoms with E-state index in [4.69, 9.17) is 9.47 Å². The second-order valence-electron chi connectivity index (χ2n) is 4.59. The van der Waals surface area contributed by atoms with Crippen LogP contribution in [0, 0.1) is 0 Å². The summed E-state index contributed by atoms with van der Waals surface area (Å²) in [5.74, 6) is 1.29. The van der Waals surface area contributed by atoms with Gasteiger partial charge in [-0.05, 0) is 31.0 Å². The number of carbonyl (C=O) groups excluding carboxylic acids is 1. The van der Waals surface area contributed by atoms with Crippen LogP contribution in [0.2, 0.25) is 0 Å². The van der Waals surface area contributed by atoms with Crippen LogP contribution in [0.15, 0.2) is 18.2 Å². The maximum atomic E-state index is 12.1. The lowest BCUT2D eigenvalue weighted by Crippen LogP contribution is -2.37. The Bertz CT molecular complexity index is 477. The quantitative estimate of drug-likeness (QED) is 0.854. The molecular weight excluding hydrogens is 298 g/mol. The summed E-state index contributed by atoms with van der Waals surface area (Å²) in [5, 5.41) is 3.05. The van der Waals surface area contributed by atoms with Crippen molar-refractivity contribution in [3.05, 3.63) is 23.8 Å². The molecule has 0 saturated heterocycles. The van der Waals surface area contributed by atoms with E-state index in [1.807, 2.05) is 0 Å². The van der Waals surface area contributed by atoms with Crippen molar-refractivity contribution in [3.63, 3.8) is 0 Å². The standard InChI is InChI=1S/C13H14BrNO3/c14-9-2-1-3-10(9)15-13(16)8-4-5-11-12(6-8)18-7-17-11/h4-6,9-10H,1-3,7H2,(H,15,16). The van der Waals surface area contributed by atoms with Gasteiger partial charge < -0.3 is 14.8 Å². The van der Waals surface area contributed by atoms with Crippen LogP contribution in [-0.4, -0.2) is 23.6 Å². The Morgan fingerprint density at radius 3 is 2.89 bits per heavy atom. The molecule has 4 nitrogen and oxygen atoms in total. The highest BCUT2D eigenvalue weighted by molar-refractivity contribution is 9.09. The topological polar surface area (TPSA) is 47.6 Å². The van der Waals surface area contributed by atoms with Gasteiger partial charge in [-0.2, -0.15) is 0 Å². The van der Waals surface area contributed by atoms with E-state index < -0.39 is 0 Å². The zero-order valence-electron chi connectivity index (χ0n) is 9.82. The molecular formula is C13H14BrNO3. The first-order valence-corrected chi connectivity index (χ1v) is 7.00. The fourth-order valence-corrected chi connectivity index (χ4v) is 3.09. The number of amides is 1. The number of benzene rings is 1. The first-order chi connectivity index (χ1) is 8.74. The van der Waals surface area contributed by atoms with Gasteiger partial charge in [-0.25, -0.2) is 0 Å². The van der Waals surface area contributed by atoms with Gasteiger partial charge in [0.1, 0.15) is 0 Å². The van der Waals surface area contributed by atoms with Crippen molar-refractivity contribution in [2.75, 3.05) is 6.79 Å². The first-order valence-electron chi connectivity index (χ1n) is 6.08. The minimum Gasteiger partial charge on any atom is -0.454 e. The fourth-order valence-electron chi connectivity index (χ4n) is 2.37. The summed E-state index contributed by atoms with van der Waals surface area (Å²) in [6.07, 6.45) is 3.31. The summed E-state index contributed by atoms with van der Waals surface area (Å²) in [7, 11) is 0. The number of nitrogens with one attached hydrogen (secondary N) is 1. The minimum atomic E-state index is -0.0512. The van der Waals surface area contributed by atoms with Crippen molar-refractivity contribution >= 4 is 21.8 Å². The molecule has 5 heteroatoms. The molecule has 0 aromatic heterocycles. The molecule has 18 heavy (non-hydrogen) atoms. The average Bonchev–Trinajstić information content (AvgIpc) is 2.98. The SMILES string of the molecule is O=C(NC1CCCC1Br)c1ccc2c(c1)OCO2. The Hall–Kier alpha value is -1.23. The number of alkyl halides is 1. The molecule has 0 bridgehead atoms. The fraction of sp³-hybridized carbons (Fsp3) is 0.462. The number of halogens is 1. The second-order valence-corrected chi connectivity index (χ2v) is 5.77. The molecule has 1 aromatic rings. The van der Waals surface area contributed by atoms with E-state index in [-0.39, 0.29) is 18.7 Å². The van der Waals surface area contributed by atoms with Gasteiger partial charge in [0.05, 0.1) is 0 Å². The van der Waals surface area contributed by atoms with E-state index in [9.17, 15) is 4.79 Å². The van der Waals surface area contributed by atoms with Gasteiger partial charge in [-0.3, -0.25) is 4.79 Å². The summed E-state index contributed by atoms with van der Waals surface area (Å²) in [5.41, 5.74) is 0.617. The Labute approximate surface area is 114 Å². The highest BCUT2D eigenvalue weighted by Gasteiger charge is 2.27. The van der Waals surface area contributed by atoms with E-state index in [0.29, 0.717) is 21.9 Å². The third-order valence-corrected chi connectivity index (χ3v) is 4.48. The van der Waals surface area contributed by atoms with Crippen molar-refractivity contribution in [3.8, 4) is 11.5 Å². The molecule has 1 saturated carbocycles. The van der Waals surface area contributed by atoms with Crippen molar-refractivity contribution in [1.29, 1.82) is 0 Å². The van der Waals surface area contributed by atoms with Crippen LogP contribution < -0.4 is 14.8 Å². The van der Waals surface area contributed by atoms with Crippen molar-refractivity contribution in [1.82, 2.24) is 5.32 Å². The molecule has 1 aromatic carbocycles. The van der Waals surface area contributed by atoms with E-state index >= 15 is 0 Å². The van der Waals surface area contributed by atoms with Gasteiger partial charge in [0.25, 0.3) is 5.91 Å². The number of fused-ring (bicyclic) bond motifs is 1. The molecule has 0 radical (unpaired) electrons.